The Morgan fingerprint density at radius 3 is 2.62 bits per heavy atom. The lowest BCUT2D eigenvalue weighted by Gasteiger charge is -2.12. The lowest BCUT2D eigenvalue weighted by atomic mass is 10.1. The summed E-state index contributed by atoms with van der Waals surface area (Å²) in [6.45, 7) is 2.73. The average Bonchev–Trinajstić information content (AvgIpc) is 2.99. The molecule has 0 bridgehead atoms. The number of rotatable bonds is 7. The van der Waals surface area contributed by atoms with Crippen LogP contribution in [0.15, 0.2) is 54.6 Å². The Morgan fingerprint density at radius 2 is 1.93 bits per heavy atom. The van der Waals surface area contributed by atoms with Crippen LogP contribution in [0, 0.1) is 6.92 Å². The molecule has 0 amide bonds. The van der Waals surface area contributed by atoms with Gasteiger partial charge < -0.3 is 14.0 Å². The Bertz CT molecular complexity index is 1030. The van der Waals surface area contributed by atoms with Crippen molar-refractivity contribution in [3.05, 3.63) is 87.4 Å². The van der Waals surface area contributed by atoms with Gasteiger partial charge in [-0.3, -0.25) is 0 Å². The van der Waals surface area contributed by atoms with E-state index in [1.165, 1.54) is 13.2 Å². The van der Waals surface area contributed by atoms with Crippen LogP contribution in [0.1, 0.15) is 22.6 Å². The Morgan fingerprint density at radius 1 is 1.17 bits per heavy atom. The molecule has 1 aromatic heterocycles. The van der Waals surface area contributed by atoms with Gasteiger partial charge in [0.25, 0.3) is 0 Å². The molecule has 0 saturated carbocycles. The molecule has 3 aromatic rings. The first-order valence-corrected chi connectivity index (χ1v) is 9.67. The molecule has 2 aromatic carbocycles. The van der Waals surface area contributed by atoms with Gasteiger partial charge in [0.1, 0.15) is 18.2 Å². The standard InChI is InChI=1S/C22H20Cl2N2O3/c1-15-25-22(24)20(10-11-21(27)28-2)26(15)13-17-9-8-16(12-19(17)23)14-29-18-6-4-3-5-7-18/h3-12H,13-14H2,1-2H3. The predicted octanol–water partition coefficient (Wildman–Crippen LogP) is 5.31. The molecular weight excluding hydrogens is 411 g/mol. The van der Waals surface area contributed by atoms with Gasteiger partial charge in [0, 0.05) is 11.1 Å². The molecule has 0 aliphatic carbocycles. The molecule has 0 fully saturated rings. The van der Waals surface area contributed by atoms with Gasteiger partial charge in [-0.05, 0) is 42.3 Å². The van der Waals surface area contributed by atoms with Gasteiger partial charge in [0.05, 0.1) is 19.3 Å². The zero-order valence-electron chi connectivity index (χ0n) is 16.1. The summed E-state index contributed by atoms with van der Waals surface area (Å²) >= 11 is 12.7. The fraction of sp³-hybridized carbons (Fsp3) is 0.182. The van der Waals surface area contributed by atoms with Crippen molar-refractivity contribution in [2.75, 3.05) is 7.11 Å². The third-order valence-electron chi connectivity index (χ3n) is 4.33. The quantitative estimate of drug-likeness (QED) is 0.376. The number of esters is 1. The molecule has 0 atom stereocenters. The van der Waals surface area contributed by atoms with Crippen molar-refractivity contribution in [3.63, 3.8) is 0 Å². The van der Waals surface area contributed by atoms with Gasteiger partial charge in [0.2, 0.25) is 0 Å². The number of ether oxygens (including phenoxy) is 2. The number of aryl methyl sites for hydroxylation is 1. The number of carbonyl (C=O) groups excluding carboxylic acids is 1. The second-order valence-corrected chi connectivity index (χ2v) is 7.07. The molecule has 29 heavy (non-hydrogen) atoms. The van der Waals surface area contributed by atoms with E-state index in [0.717, 1.165) is 16.9 Å². The molecule has 0 unspecified atom stereocenters. The van der Waals surface area contributed by atoms with Crippen molar-refractivity contribution in [2.24, 2.45) is 0 Å². The summed E-state index contributed by atoms with van der Waals surface area (Å²) in [5.74, 6) is 1.05. The maximum absolute atomic E-state index is 11.4. The van der Waals surface area contributed by atoms with E-state index in [1.807, 2.05) is 60.0 Å². The number of methoxy groups -OCH3 is 1. The van der Waals surface area contributed by atoms with E-state index >= 15 is 0 Å². The van der Waals surface area contributed by atoms with E-state index < -0.39 is 5.97 Å². The fourth-order valence-electron chi connectivity index (χ4n) is 2.78. The monoisotopic (exact) mass is 430 g/mol. The van der Waals surface area contributed by atoms with E-state index in [-0.39, 0.29) is 0 Å². The maximum Gasteiger partial charge on any atom is 0.330 e. The molecule has 0 aliphatic rings. The van der Waals surface area contributed by atoms with Crippen molar-refractivity contribution in [1.82, 2.24) is 9.55 Å². The smallest absolute Gasteiger partial charge is 0.330 e. The van der Waals surface area contributed by atoms with Gasteiger partial charge in [-0.15, -0.1) is 0 Å². The lowest BCUT2D eigenvalue weighted by molar-refractivity contribution is -0.134. The Balaban J connectivity index is 1.77. The van der Waals surface area contributed by atoms with E-state index in [9.17, 15) is 4.79 Å². The van der Waals surface area contributed by atoms with Crippen LogP contribution in [0.3, 0.4) is 0 Å². The van der Waals surface area contributed by atoms with E-state index in [1.54, 1.807) is 6.08 Å². The Labute approximate surface area is 179 Å². The van der Waals surface area contributed by atoms with Crippen LogP contribution in [0.4, 0.5) is 0 Å². The number of halogens is 2. The average molecular weight is 431 g/mol. The van der Waals surface area contributed by atoms with Crippen molar-refractivity contribution < 1.29 is 14.3 Å². The third-order valence-corrected chi connectivity index (χ3v) is 4.96. The maximum atomic E-state index is 11.4. The second-order valence-electron chi connectivity index (χ2n) is 6.31. The highest BCUT2D eigenvalue weighted by molar-refractivity contribution is 6.31. The van der Waals surface area contributed by atoms with Crippen molar-refractivity contribution in [1.29, 1.82) is 0 Å². The van der Waals surface area contributed by atoms with Crippen LogP contribution in [0.25, 0.3) is 6.08 Å². The topological polar surface area (TPSA) is 53.3 Å². The summed E-state index contributed by atoms with van der Waals surface area (Å²) in [6.07, 6.45) is 2.90. The molecule has 7 heteroatoms. The fourth-order valence-corrected chi connectivity index (χ4v) is 3.33. The first-order valence-electron chi connectivity index (χ1n) is 8.91. The van der Waals surface area contributed by atoms with Gasteiger partial charge in [-0.2, -0.15) is 0 Å². The number of hydrogen-bond donors (Lipinski definition) is 0. The minimum Gasteiger partial charge on any atom is -0.489 e. The van der Waals surface area contributed by atoms with Gasteiger partial charge >= 0.3 is 5.97 Å². The molecule has 1 heterocycles. The summed E-state index contributed by atoms with van der Waals surface area (Å²) in [7, 11) is 1.32. The van der Waals surface area contributed by atoms with Crippen molar-refractivity contribution in [3.8, 4) is 5.75 Å². The highest BCUT2D eigenvalue weighted by Gasteiger charge is 2.13. The largest absolute Gasteiger partial charge is 0.489 e. The van der Waals surface area contributed by atoms with Crippen LogP contribution in [0.2, 0.25) is 10.2 Å². The second kappa shape index (κ2) is 9.63. The highest BCUT2D eigenvalue weighted by atomic mass is 35.5. The van der Waals surface area contributed by atoms with Crippen molar-refractivity contribution in [2.45, 2.75) is 20.1 Å². The molecular formula is C22H20Cl2N2O3. The predicted molar refractivity (Wildman–Crippen MR) is 114 cm³/mol. The number of hydrogen-bond acceptors (Lipinski definition) is 4. The van der Waals surface area contributed by atoms with Gasteiger partial charge in [-0.25, -0.2) is 9.78 Å². The molecule has 0 aliphatic heterocycles. The Hall–Kier alpha value is -2.76. The van der Waals surface area contributed by atoms with E-state index in [2.05, 4.69) is 9.72 Å². The molecule has 0 N–H and O–H groups in total. The molecule has 5 nitrogen and oxygen atoms in total. The summed E-state index contributed by atoms with van der Waals surface area (Å²) in [5.41, 5.74) is 2.48. The van der Waals surface area contributed by atoms with Crippen molar-refractivity contribution >= 4 is 35.2 Å². The van der Waals surface area contributed by atoms with Crippen LogP contribution >= 0.6 is 23.2 Å². The van der Waals surface area contributed by atoms with E-state index in [4.69, 9.17) is 27.9 Å². The van der Waals surface area contributed by atoms with Crippen LogP contribution < -0.4 is 4.74 Å². The van der Waals surface area contributed by atoms with Gasteiger partial charge in [0.15, 0.2) is 5.15 Å². The molecule has 0 saturated heterocycles. The van der Waals surface area contributed by atoms with Gasteiger partial charge in [-0.1, -0.05) is 53.5 Å². The minimum atomic E-state index is -0.465. The third kappa shape index (κ3) is 5.40. The summed E-state index contributed by atoms with van der Waals surface area (Å²) in [6, 6.07) is 15.4. The summed E-state index contributed by atoms with van der Waals surface area (Å²) in [4.78, 5) is 15.7. The molecule has 150 valence electrons. The zero-order chi connectivity index (χ0) is 20.8. The first-order chi connectivity index (χ1) is 14.0. The van der Waals surface area contributed by atoms with Crippen LogP contribution in [-0.2, 0) is 22.7 Å². The summed E-state index contributed by atoms with van der Waals surface area (Å²) < 4.78 is 12.3. The zero-order valence-corrected chi connectivity index (χ0v) is 17.6. The molecule has 0 spiro atoms. The highest BCUT2D eigenvalue weighted by Crippen LogP contribution is 2.25. The van der Waals surface area contributed by atoms with E-state index in [0.29, 0.717) is 34.8 Å². The first kappa shape index (κ1) is 21.0. The molecule has 0 radical (unpaired) electrons. The lowest BCUT2D eigenvalue weighted by Crippen LogP contribution is -2.06. The minimum absolute atomic E-state index is 0.312. The Kier molecular flexibility index (Phi) is 6.96. The number of para-hydroxylation sites is 1. The molecule has 3 rings (SSSR count). The number of carbonyl (C=O) groups is 1. The summed E-state index contributed by atoms with van der Waals surface area (Å²) in [5, 5.41) is 0.929. The number of benzene rings is 2. The van der Waals surface area contributed by atoms with Crippen LogP contribution in [0.5, 0.6) is 5.75 Å². The number of aromatic nitrogens is 2. The number of nitrogens with zero attached hydrogens (tertiary/aromatic N) is 2. The van der Waals surface area contributed by atoms with Crippen LogP contribution in [-0.4, -0.2) is 22.6 Å². The SMILES string of the molecule is COC(=O)C=Cc1c(Cl)nc(C)n1Cc1ccc(COc2ccccc2)cc1Cl. The normalized spacial score (nSPS) is 11.0. The number of imidazole rings is 1.